The van der Waals surface area contributed by atoms with Crippen molar-refractivity contribution in [2.24, 2.45) is 0 Å². The van der Waals surface area contributed by atoms with Gasteiger partial charge >= 0.3 is 12.0 Å². The molecule has 0 saturated heterocycles. The van der Waals surface area contributed by atoms with Crippen LogP contribution in [0, 0.1) is 0 Å². The Kier molecular flexibility index (Phi) is 7.25. The number of benzene rings is 1. The van der Waals surface area contributed by atoms with Crippen LogP contribution in [-0.4, -0.2) is 30.1 Å². The van der Waals surface area contributed by atoms with E-state index in [1.807, 2.05) is 37.3 Å². The molecular weight excluding hydrogens is 296 g/mol. The summed E-state index contributed by atoms with van der Waals surface area (Å²) in [6.45, 7) is 6.90. The van der Waals surface area contributed by atoms with Gasteiger partial charge < -0.3 is 10.1 Å². The van der Waals surface area contributed by atoms with Gasteiger partial charge in [0.2, 0.25) is 0 Å². The van der Waals surface area contributed by atoms with Crippen LogP contribution >= 0.6 is 0 Å². The Bertz CT molecular complexity index is 543. The number of hydrogen-bond acceptors (Lipinski definition) is 4. The SMILES string of the molecule is CC(C)NC(=O)NC(=O)[C@@H](C)OC(=O)C[C@H](C)c1ccccc1. The molecule has 23 heavy (non-hydrogen) atoms. The van der Waals surface area contributed by atoms with Crippen molar-refractivity contribution in [2.75, 3.05) is 0 Å². The zero-order valence-corrected chi connectivity index (χ0v) is 14.0. The Labute approximate surface area is 136 Å². The molecule has 1 rings (SSSR count). The molecule has 0 aromatic heterocycles. The van der Waals surface area contributed by atoms with E-state index in [9.17, 15) is 14.4 Å². The molecule has 0 unspecified atom stereocenters. The monoisotopic (exact) mass is 320 g/mol. The highest BCUT2D eigenvalue weighted by atomic mass is 16.5. The lowest BCUT2D eigenvalue weighted by atomic mass is 9.98. The zero-order valence-electron chi connectivity index (χ0n) is 14.0. The van der Waals surface area contributed by atoms with Gasteiger partial charge in [0.15, 0.2) is 6.10 Å². The van der Waals surface area contributed by atoms with Crippen molar-refractivity contribution in [3.63, 3.8) is 0 Å². The third kappa shape index (κ3) is 6.95. The van der Waals surface area contributed by atoms with Crippen LogP contribution in [0.25, 0.3) is 0 Å². The third-order valence-electron chi connectivity index (χ3n) is 3.18. The molecule has 0 fully saturated rings. The van der Waals surface area contributed by atoms with E-state index in [0.717, 1.165) is 5.56 Å². The number of nitrogens with one attached hydrogen (secondary N) is 2. The largest absolute Gasteiger partial charge is 0.453 e. The second-order valence-corrected chi connectivity index (χ2v) is 5.77. The number of carbonyl (C=O) groups is 3. The second-order valence-electron chi connectivity index (χ2n) is 5.77. The van der Waals surface area contributed by atoms with Crippen molar-refractivity contribution in [3.05, 3.63) is 35.9 Å². The first-order valence-corrected chi connectivity index (χ1v) is 7.65. The summed E-state index contributed by atoms with van der Waals surface area (Å²) in [5.74, 6) is -1.14. The maximum Gasteiger partial charge on any atom is 0.321 e. The van der Waals surface area contributed by atoms with Gasteiger partial charge in [-0.25, -0.2) is 4.79 Å². The third-order valence-corrected chi connectivity index (χ3v) is 3.18. The molecule has 0 spiro atoms. The number of esters is 1. The molecular formula is C17H24N2O4. The Morgan fingerprint density at radius 2 is 1.65 bits per heavy atom. The van der Waals surface area contributed by atoms with Crippen molar-refractivity contribution in [2.45, 2.75) is 52.2 Å². The van der Waals surface area contributed by atoms with Crippen LogP contribution < -0.4 is 10.6 Å². The summed E-state index contributed by atoms with van der Waals surface area (Å²) in [5.41, 5.74) is 1.03. The number of carbonyl (C=O) groups excluding carboxylic acids is 3. The van der Waals surface area contributed by atoms with Gasteiger partial charge in [0.1, 0.15) is 0 Å². The average Bonchev–Trinajstić information content (AvgIpc) is 2.46. The van der Waals surface area contributed by atoms with Gasteiger partial charge in [-0.2, -0.15) is 0 Å². The summed E-state index contributed by atoms with van der Waals surface area (Å²) in [5, 5.41) is 4.66. The summed E-state index contributed by atoms with van der Waals surface area (Å²) < 4.78 is 5.08. The van der Waals surface area contributed by atoms with Gasteiger partial charge in [-0.1, -0.05) is 37.3 Å². The quantitative estimate of drug-likeness (QED) is 0.788. The number of amides is 3. The van der Waals surface area contributed by atoms with E-state index in [4.69, 9.17) is 4.74 Å². The van der Waals surface area contributed by atoms with Crippen molar-refractivity contribution in [3.8, 4) is 0 Å². The van der Waals surface area contributed by atoms with E-state index >= 15 is 0 Å². The van der Waals surface area contributed by atoms with Crippen molar-refractivity contribution in [1.82, 2.24) is 10.6 Å². The van der Waals surface area contributed by atoms with Gasteiger partial charge in [-0.05, 0) is 32.3 Å². The number of hydrogen-bond donors (Lipinski definition) is 2. The van der Waals surface area contributed by atoms with Crippen LogP contribution in [0.15, 0.2) is 30.3 Å². The fourth-order valence-corrected chi connectivity index (χ4v) is 1.96. The first-order valence-electron chi connectivity index (χ1n) is 7.65. The molecule has 0 bridgehead atoms. The molecule has 0 aliphatic rings. The van der Waals surface area contributed by atoms with Crippen molar-refractivity contribution < 1.29 is 19.1 Å². The maximum absolute atomic E-state index is 11.9. The average molecular weight is 320 g/mol. The Balaban J connectivity index is 2.44. The summed E-state index contributed by atoms with van der Waals surface area (Å²) in [4.78, 5) is 35.1. The Morgan fingerprint density at radius 1 is 1.04 bits per heavy atom. The van der Waals surface area contributed by atoms with Crippen LogP contribution in [-0.2, 0) is 14.3 Å². The number of urea groups is 1. The topological polar surface area (TPSA) is 84.5 Å². The van der Waals surface area contributed by atoms with Gasteiger partial charge in [0.05, 0.1) is 6.42 Å². The van der Waals surface area contributed by atoms with Crippen LogP contribution in [0.5, 0.6) is 0 Å². The fraction of sp³-hybridized carbons (Fsp3) is 0.471. The summed E-state index contributed by atoms with van der Waals surface area (Å²) in [7, 11) is 0. The van der Waals surface area contributed by atoms with Crippen molar-refractivity contribution in [1.29, 1.82) is 0 Å². The van der Waals surface area contributed by atoms with Crippen LogP contribution in [0.3, 0.4) is 0 Å². The molecule has 0 aliphatic carbocycles. The molecule has 0 aliphatic heterocycles. The van der Waals surface area contributed by atoms with Gasteiger partial charge in [-0.15, -0.1) is 0 Å². The highest BCUT2D eigenvalue weighted by Gasteiger charge is 2.21. The smallest absolute Gasteiger partial charge is 0.321 e. The number of rotatable bonds is 6. The van der Waals surface area contributed by atoms with Crippen molar-refractivity contribution >= 4 is 17.9 Å². The number of ether oxygens (including phenoxy) is 1. The van der Waals surface area contributed by atoms with E-state index in [2.05, 4.69) is 10.6 Å². The molecule has 0 radical (unpaired) electrons. The van der Waals surface area contributed by atoms with Gasteiger partial charge in [0, 0.05) is 6.04 Å². The molecule has 6 heteroatoms. The first kappa shape index (κ1) is 18.7. The van der Waals surface area contributed by atoms with E-state index < -0.39 is 24.0 Å². The normalized spacial score (nSPS) is 13.1. The lowest BCUT2D eigenvalue weighted by Gasteiger charge is -2.16. The Morgan fingerprint density at radius 3 is 2.22 bits per heavy atom. The molecule has 2 atom stereocenters. The van der Waals surface area contributed by atoms with Gasteiger partial charge in [-0.3, -0.25) is 14.9 Å². The maximum atomic E-state index is 11.9. The highest BCUT2D eigenvalue weighted by molar-refractivity contribution is 5.97. The van der Waals surface area contributed by atoms with Crippen LogP contribution in [0.2, 0.25) is 0 Å². The zero-order chi connectivity index (χ0) is 17.4. The number of imide groups is 1. The lowest BCUT2D eigenvalue weighted by Crippen LogP contribution is -2.46. The van der Waals surface area contributed by atoms with Gasteiger partial charge in [0.25, 0.3) is 5.91 Å². The summed E-state index contributed by atoms with van der Waals surface area (Å²) in [6.07, 6.45) is -0.858. The lowest BCUT2D eigenvalue weighted by molar-refractivity contribution is -0.154. The molecule has 2 N–H and O–H groups in total. The minimum absolute atomic E-state index is 0.0109. The molecule has 1 aromatic carbocycles. The summed E-state index contributed by atoms with van der Waals surface area (Å²) >= 11 is 0. The van der Waals surface area contributed by atoms with E-state index in [-0.39, 0.29) is 18.4 Å². The predicted molar refractivity (Wildman–Crippen MR) is 86.8 cm³/mol. The molecule has 126 valence electrons. The minimum Gasteiger partial charge on any atom is -0.453 e. The molecule has 3 amide bonds. The van der Waals surface area contributed by atoms with E-state index in [0.29, 0.717) is 0 Å². The second kappa shape index (κ2) is 8.92. The van der Waals surface area contributed by atoms with Crippen LogP contribution in [0.1, 0.15) is 45.6 Å². The molecule has 0 heterocycles. The predicted octanol–water partition coefficient (Wildman–Crippen LogP) is 2.35. The highest BCUT2D eigenvalue weighted by Crippen LogP contribution is 2.19. The molecule has 1 aromatic rings. The molecule has 0 saturated carbocycles. The first-order chi connectivity index (χ1) is 10.8. The van der Waals surface area contributed by atoms with E-state index in [1.165, 1.54) is 6.92 Å². The fourth-order valence-electron chi connectivity index (χ4n) is 1.96. The Hall–Kier alpha value is -2.37. The minimum atomic E-state index is -1.02. The van der Waals surface area contributed by atoms with Crippen LogP contribution in [0.4, 0.5) is 4.79 Å². The summed E-state index contributed by atoms with van der Waals surface area (Å²) in [6, 6.07) is 8.89. The van der Waals surface area contributed by atoms with E-state index in [1.54, 1.807) is 13.8 Å². The standard InChI is InChI=1S/C17H24N2O4/c1-11(2)18-17(22)19-16(21)13(4)23-15(20)10-12(3)14-8-6-5-7-9-14/h5-9,11-13H,10H2,1-4H3,(H2,18,19,21,22)/t12-,13+/m0/s1. The molecule has 6 nitrogen and oxygen atoms in total.